The van der Waals surface area contributed by atoms with E-state index in [9.17, 15) is 43.2 Å². The molecule has 0 saturated heterocycles. The molecular formula is C71H138O17P2. The molecule has 19 heteroatoms. The maximum absolute atomic E-state index is 13.0. The van der Waals surface area contributed by atoms with Crippen molar-refractivity contribution in [2.45, 2.75) is 375 Å². The van der Waals surface area contributed by atoms with Crippen LogP contribution in [-0.4, -0.2) is 96.7 Å². The monoisotopic (exact) mass is 1320 g/mol. The Hall–Kier alpha value is -1.94. The summed E-state index contributed by atoms with van der Waals surface area (Å²) in [5.74, 6) is 0.167. The molecule has 0 spiro atoms. The number of phosphoric ester groups is 2. The van der Waals surface area contributed by atoms with Crippen molar-refractivity contribution in [3.63, 3.8) is 0 Å². The van der Waals surface area contributed by atoms with Crippen LogP contribution < -0.4 is 0 Å². The summed E-state index contributed by atoms with van der Waals surface area (Å²) in [5, 5.41) is 10.6. The van der Waals surface area contributed by atoms with E-state index < -0.39 is 97.5 Å². The van der Waals surface area contributed by atoms with Crippen LogP contribution in [0.4, 0.5) is 0 Å². The van der Waals surface area contributed by atoms with Gasteiger partial charge in [-0.3, -0.25) is 37.3 Å². The normalized spacial score (nSPS) is 14.2. The summed E-state index contributed by atoms with van der Waals surface area (Å²) in [6, 6.07) is 0. The Morgan fingerprint density at radius 3 is 0.756 bits per heavy atom. The minimum absolute atomic E-state index is 0.105. The first-order chi connectivity index (χ1) is 43.2. The number of phosphoric acid groups is 2. The highest BCUT2D eigenvalue weighted by Crippen LogP contribution is 2.45. The molecule has 2 unspecified atom stereocenters. The number of unbranched alkanes of at least 4 members (excludes halogenated alkanes) is 37. The zero-order valence-corrected chi connectivity index (χ0v) is 60.4. The summed E-state index contributed by atoms with van der Waals surface area (Å²) >= 11 is 0. The zero-order valence-electron chi connectivity index (χ0n) is 58.6. The molecule has 0 aliphatic heterocycles. The molecular weight excluding hydrogens is 1190 g/mol. The predicted octanol–water partition coefficient (Wildman–Crippen LogP) is 20.2. The molecule has 90 heavy (non-hydrogen) atoms. The average Bonchev–Trinajstić information content (AvgIpc) is 3.06. The SMILES string of the molecule is CCCCCCCCCCC(=O)OC[C@H](COP(=O)(O)OC[C@H](O)COP(=O)(O)OC[C@@H](COC(=O)CCCCCCCCCCCCCC(C)C)OC(=O)CCCCCCCCCCCCCCCC(C)C)OC(=O)CCCCCCCCCCCC(C)C. The van der Waals surface area contributed by atoms with Gasteiger partial charge in [-0.05, 0) is 43.4 Å². The van der Waals surface area contributed by atoms with E-state index in [1.807, 2.05) is 0 Å². The molecule has 0 aromatic rings. The van der Waals surface area contributed by atoms with Crippen molar-refractivity contribution in [3.05, 3.63) is 0 Å². The van der Waals surface area contributed by atoms with Gasteiger partial charge in [0.1, 0.15) is 19.3 Å². The molecule has 534 valence electrons. The van der Waals surface area contributed by atoms with Crippen LogP contribution >= 0.6 is 15.6 Å². The third kappa shape index (κ3) is 64.8. The van der Waals surface area contributed by atoms with Crippen molar-refractivity contribution < 1.29 is 80.2 Å². The van der Waals surface area contributed by atoms with E-state index in [2.05, 4.69) is 48.5 Å². The number of ether oxygens (including phenoxy) is 4. The molecule has 0 radical (unpaired) electrons. The van der Waals surface area contributed by atoms with Crippen molar-refractivity contribution in [3.8, 4) is 0 Å². The van der Waals surface area contributed by atoms with E-state index in [4.69, 9.17) is 37.0 Å². The number of hydrogen-bond donors (Lipinski definition) is 3. The molecule has 0 fully saturated rings. The van der Waals surface area contributed by atoms with Crippen molar-refractivity contribution in [1.82, 2.24) is 0 Å². The molecule has 17 nitrogen and oxygen atoms in total. The van der Waals surface area contributed by atoms with Gasteiger partial charge in [0, 0.05) is 25.7 Å². The Balaban J connectivity index is 5.23. The molecule has 0 rings (SSSR count). The number of rotatable bonds is 69. The third-order valence-electron chi connectivity index (χ3n) is 16.4. The number of aliphatic hydroxyl groups excluding tert-OH is 1. The Labute approximate surface area is 549 Å². The van der Waals surface area contributed by atoms with E-state index in [0.29, 0.717) is 25.7 Å². The van der Waals surface area contributed by atoms with Gasteiger partial charge in [-0.1, -0.05) is 305 Å². The third-order valence-corrected chi connectivity index (χ3v) is 18.3. The van der Waals surface area contributed by atoms with Gasteiger partial charge in [0.15, 0.2) is 12.2 Å². The van der Waals surface area contributed by atoms with Crippen molar-refractivity contribution in [2.24, 2.45) is 17.8 Å². The molecule has 0 heterocycles. The highest BCUT2D eigenvalue weighted by molar-refractivity contribution is 7.47. The van der Waals surface area contributed by atoms with Gasteiger partial charge in [0.2, 0.25) is 0 Å². The minimum atomic E-state index is -4.95. The highest BCUT2D eigenvalue weighted by Gasteiger charge is 2.30. The van der Waals surface area contributed by atoms with E-state index >= 15 is 0 Å². The van der Waals surface area contributed by atoms with Crippen LogP contribution in [0.3, 0.4) is 0 Å². The zero-order chi connectivity index (χ0) is 66.6. The summed E-state index contributed by atoms with van der Waals surface area (Å²) in [5.41, 5.74) is 0. The van der Waals surface area contributed by atoms with E-state index in [1.54, 1.807) is 0 Å². The summed E-state index contributed by atoms with van der Waals surface area (Å²) in [7, 11) is -9.90. The fraction of sp³-hybridized carbons (Fsp3) is 0.944. The largest absolute Gasteiger partial charge is 0.472 e. The second-order valence-corrected chi connectivity index (χ2v) is 30.0. The lowest BCUT2D eigenvalue weighted by atomic mass is 10.0. The summed E-state index contributed by atoms with van der Waals surface area (Å²) in [6.45, 7) is 11.8. The summed E-state index contributed by atoms with van der Waals surface area (Å²) in [6.07, 6.45) is 45.8. The maximum atomic E-state index is 13.0. The second kappa shape index (κ2) is 61.9. The first kappa shape index (κ1) is 88.1. The molecule has 5 atom stereocenters. The predicted molar refractivity (Wildman–Crippen MR) is 363 cm³/mol. The fourth-order valence-electron chi connectivity index (χ4n) is 10.7. The standard InChI is InChI=1S/C71H138O17P2/c1-8-9-10-11-12-31-38-45-52-68(73)81-58-66(88-71(76)55-48-41-34-27-21-24-30-37-44-51-64(6)7)60-85-89(77,78)83-56-65(72)57-84-90(79,80)86-61-67(59-82-69(74)53-46-39-32-25-20-16-18-23-29-36-43-50-63(4)5)87-70(75)54-47-40-33-26-19-15-13-14-17-22-28-35-42-49-62(2)3/h62-67,72H,8-61H2,1-7H3,(H,77,78)(H,79,80)/t65-,66+,67+/m0/s1. The van der Waals surface area contributed by atoms with E-state index in [0.717, 1.165) is 114 Å². The van der Waals surface area contributed by atoms with Gasteiger partial charge in [-0.25, -0.2) is 9.13 Å². The van der Waals surface area contributed by atoms with Crippen LogP contribution in [0.25, 0.3) is 0 Å². The lowest BCUT2D eigenvalue weighted by Gasteiger charge is -2.21. The van der Waals surface area contributed by atoms with Crippen LogP contribution in [0.15, 0.2) is 0 Å². The lowest BCUT2D eigenvalue weighted by molar-refractivity contribution is -0.161. The number of carbonyl (C=O) groups is 4. The quantitative estimate of drug-likeness (QED) is 0.0222. The van der Waals surface area contributed by atoms with E-state index in [1.165, 1.54) is 161 Å². The van der Waals surface area contributed by atoms with Gasteiger partial charge in [-0.15, -0.1) is 0 Å². The molecule has 3 N–H and O–H groups in total. The summed E-state index contributed by atoms with van der Waals surface area (Å²) < 4.78 is 68.3. The fourth-order valence-corrected chi connectivity index (χ4v) is 12.3. The van der Waals surface area contributed by atoms with Crippen molar-refractivity contribution in [2.75, 3.05) is 39.6 Å². The smallest absolute Gasteiger partial charge is 0.462 e. The maximum Gasteiger partial charge on any atom is 0.472 e. The topological polar surface area (TPSA) is 237 Å². The van der Waals surface area contributed by atoms with Crippen molar-refractivity contribution in [1.29, 1.82) is 0 Å². The van der Waals surface area contributed by atoms with Crippen LogP contribution in [-0.2, 0) is 65.4 Å². The molecule has 0 amide bonds. The van der Waals surface area contributed by atoms with Crippen LogP contribution in [0.5, 0.6) is 0 Å². The van der Waals surface area contributed by atoms with Gasteiger partial charge in [-0.2, -0.15) is 0 Å². The number of hydrogen-bond acceptors (Lipinski definition) is 15. The summed E-state index contributed by atoms with van der Waals surface area (Å²) in [4.78, 5) is 72.5. The Bertz CT molecular complexity index is 1770. The van der Waals surface area contributed by atoms with Gasteiger partial charge >= 0.3 is 39.5 Å². The van der Waals surface area contributed by atoms with Gasteiger partial charge < -0.3 is 33.8 Å². The number of aliphatic hydroxyl groups is 1. The molecule has 0 saturated carbocycles. The van der Waals surface area contributed by atoms with Crippen LogP contribution in [0.1, 0.15) is 357 Å². The van der Waals surface area contributed by atoms with Crippen LogP contribution in [0, 0.1) is 17.8 Å². The second-order valence-electron chi connectivity index (χ2n) is 27.1. The average molecular weight is 1330 g/mol. The van der Waals surface area contributed by atoms with Gasteiger partial charge in [0.25, 0.3) is 0 Å². The Morgan fingerprint density at radius 1 is 0.300 bits per heavy atom. The number of carbonyl (C=O) groups excluding carboxylic acids is 4. The molecule has 0 aromatic carbocycles. The molecule has 0 aliphatic carbocycles. The van der Waals surface area contributed by atoms with Crippen molar-refractivity contribution >= 4 is 39.5 Å². The first-order valence-corrected chi connectivity index (χ1v) is 39.8. The van der Waals surface area contributed by atoms with Crippen LogP contribution in [0.2, 0.25) is 0 Å². The molecule has 0 aromatic heterocycles. The molecule has 0 bridgehead atoms. The Morgan fingerprint density at radius 2 is 0.511 bits per heavy atom. The Kier molecular flexibility index (Phi) is 60.6. The first-order valence-electron chi connectivity index (χ1n) is 36.8. The molecule has 0 aliphatic rings. The van der Waals surface area contributed by atoms with Gasteiger partial charge in [0.05, 0.1) is 26.4 Å². The minimum Gasteiger partial charge on any atom is -0.462 e. The lowest BCUT2D eigenvalue weighted by Crippen LogP contribution is -2.30. The van der Waals surface area contributed by atoms with E-state index in [-0.39, 0.29) is 25.7 Å². The highest BCUT2D eigenvalue weighted by atomic mass is 31.2. The number of esters is 4.